The highest BCUT2D eigenvalue weighted by Crippen LogP contribution is 2.39. The molecule has 1 heterocycles. The Morgan fingerprint density at radius 1 is 1.00 bits per heavy atom. The second kappa shape index (κ2) is 8.08. The zero-order valence-corrected chi connectivity index (χ0v) is 15.5. The Kier molecular flexibility index (Phi) is 5.59. The third-order valence-corrected chi connectivity index (χ3v) is 4.77. The summed E-state index contributed by atoms with van der Waals surface area (Å²) in [5.41, 5.74) is 2.19. The number of amides is 1. The number of Topliss-reactive ketones (excluding diaryl/α,β-unsaturated/α-hetero) is 1. The van der Waals surface area contributed by atoms with Crippen molar-refractivity contribution in [2.45, 2.75) is 25.8 Å². The van der Waals surface area contributed by atoms with Gasteiger partial charge in [-0.15, -0.1) is 0 Å². The molecule has 1 atom stereocenters. The Bertz CT molecular complexity index is 931. The Morgan fingerprint density at radius 2 is 1.64 bits per heavy atom. The number of benzene rings is 2. The van der Waals surface area contributed by atoms with Crippen LogP contribution in [0.5, 0.6) is 0 Å². The van der Waals surface area contributed by atoms with Crippen molar-refractivity contribution in [3.05, 3.63) is 76.9 Å². The molecule has 0 spiro atoms. The van der Waals surface area contributed by atoms with Crippen LogP contribution in [0.4, 0.5) is 0 Å². The van der Waals surface area contributed by atoms with E-state index in [-0.39, 0.29) is 30.7 Å². The number of ketones is 1. The predicted octanol–water partition coefficient (Wildman–Crippen LogP) is 3.28. The molecule has 2 aromatic carbocycles. The standard InChI is InChI=1S/C22H21NO5/c1-14-9-11-15(12-10-14)19-18(20(26)16-6-3-2-4-7-16)21(27)22(28)23(19)13-5-8-17(24)25/h2-4,6-7,9-12,19,26H,5,8,13H2,1H3,(H,24,25)/t19-/m1/s1. The fourth-order valence-corrected chi connectivity index (χ4v) is 3.36. The molecule has 1 aliphatic heterocycles. The summed E-state index contributed by atoms with van der Waals surface area (Å²) in [7, 11) is 0. The molecular formula is C22H21NO5. The van der Waals surface area contributed by atoms with Crippen molar-refractivity contribution in [3.63, 3.8) is 0 Å². The van der Waals surface area contributed by atoms with Crippen molar-refractivity contribution in [1.29, 1.82) is 0 Å². The lowest BCUT2D eigenvalue weighted by Gasteiger charge is -2.25. The third-order valence-electron chi connectivity index (χ3n) is 4.77. The van der Waals surface area contributed by atoms with Gasteiger partial charge in [-0.05, 0) is 18.9 Å². The fourth-order valence-electron chi connectivity index (χ4n) is 3.36. The molecule has 0 unspecified atom stereocenters. The zero-order valence-electron chi connectivity index (χ0n) is 15.5. The smallest absolute Gasteiger partial charge is 0.303 e. The monoisotopic (exact) mass is 379 g/mol. The van der Waals surface area contributed by atoms with Crippen molar-refractivity contribution in [3.8, 4) is 0 Å². The molecule has 2 N–H and O–H groups in total. The molecule has 1 fully saturated rings. The molecule has 1 amide bonds. The maximum absolute atomic E-state index is 12.8. The molecule has 2 aromatic rings. The Morgan fingerprint density at radius 3 is 2.25 bits per heavy atom. The number of likely N-dealkylation sites (tertiary alicyclic amines) is 1. The molecule has 0 saturated carbocycles. The van der Waals surface area contributed by atoms with Crippen LogP contribution in [-0.4, -0.2) is 39.3 Å². The highest BCUT2D eigenvalue weighted by Gasteiger charge is 2.45. The number of nitrogens with zero attached hydrogens (tertiary/aromatic N) is 1. The van der Waals surface area contributed by atoms with Crippen LogP contribution in [0.15, 0.2) is 60.2 Å². The van der Waals surface area contributed by atoms with Crippen LogP contribution in [0, 0.1) is 6.92 Å². The van der Waals surface area contributed by atoms with Gasteiger partial charge in [0.05, 0.1) is 11.6 Å². The van der Waals surface area contributed by atoms with Crippen LogP contribution in [0.1, 0.15) is 35.6 Å². The maximum atomic E-state index is 12.8. The molecule has 28 heavy (non-hydrogen) atoms. The molecule has 0 aliphatic carbocycles. The van der Waals surface area contributed by atoms with E-state index in [1.807, 2.05) is 31.2 Å². The molecule has 0 bridgehead atoms. The van der Waals surface area contributed by atoms with Crippen molar-refractivity contribution in [1.82, 2.24) is 4.90 Å². The van der Waals surface area contributed by atoms with Gasteiger partial charge in [-0.3, -0.25) is 14.4 Å². The van der Waals surface area contributed by atoms with Crippen LogP contribution < -0.4 is 0 Å². The number of carbonyl (C=O) groups excluding carboxylic acids is 2. The number of aliphatic hydroxyl groups excluding tert-OH is 1. The lowest BCUT2D eigenvalue weighted by Crippen LogP contribution is -2.31. The first-order valence-electron chi connectivity index (χ1n) is 9.02. The van der Waals surface area contributed by atoms with Crippen molar-refractivity contribution in [2.24, 2.45) is 0 Å². The van der Waals surface area contributed by atoms with Crippen molar-refractivity contribution >= 4 is 23.4 Å². The normalized spacial score (nSPS) is 18.5. The molecule has 3 rings (SSSR count). The first kappa shape index (κ1) is 19.4. The van der Waals surface area contributed by atoms with E-state index in [4.69, 9.17) is 5.11 Å². The van der Waals surface area contributed by atoms with Gasteiger partial charge in [-0.2, -0.15) is 0 Å². The Labute approximate surface area is 162 Å². The van der Waals surface area contributed by atoms with E-state index >= 15 is 0 Å². The summed E-state index contributed by atoms with van der Waals surface area (Å²) in [5.74, 6) is -2.69. The van der Waals surface area contributed by atoms with Gasteiger partial charge in [0, 0.05) is 18.5 Å². The highest BCUT2D eigenvalue weighted by atomic mass is 16.4. The molecule has 0 aromatic heterocycles. The second-order valence-electron chi connectivity index (χ2n) is 6.77. The quantitative estimate of drug-likeness (QED) is 0.456. The molecular weight excluding hydrogens is 358 g/mol. The Hall–Kier alpha value is -3.41. The zero-order chi connectivity index (χ0) is 20.3. The largest absolute Gasteiger partial charge is 0.507 e. The highest BCUT2D eigenvalue weighted by molar-refractivity contribution is 6.46. The molecule has 144 valence electrons. The van der Waals surface area contributed by atoms with E-state index < -0.39 is 23.7 Å². The molecule has 0 radical (unpaired) electrons. The topological polar surface area (TPSA) is 94.9 Å². The number of aliphatic hydroxyl groups is 1. The average molecular weight is 379 g/mol. The summed E-state index contributed by atoms with van der Waals surface area (Å²) in [6.07, 6.45) is 0.110. The van der Waals surface area contributed by atoms with Gasteiger partial charge in [0.2, 0.25) is 0 Å². The lowest BCUT2D eigenvalue weighted by atomic mass is 9.94. The molecule has 6 heteroatoms. The average Bonchev–Trinajstić information content (AvgIpc) is 2.93. The Balaban J connectivity index is 2.08. The van der Waals surface area contributed by atoms with Crippen molar-refractivity contribution in [2.75, 3.05) is 6.54 Å². The number of rotatable bonds is 6. The van der Waals surface area contributed by atoms with Crippen LogP contribution in [-0.2, 0) is 14.4 Å². The van der Waals surface area contributed by atoms with E-state index in [1.165, 1.54) is 4.90 Å². The summed E-state index contributed by atoms with van der Waals surface area (Å²) < 4.78 is 0. The van der Waals surface area contributed by atoms with Crippen LogP contribution in [0.25, 0.3) is 5.76 Å². The SMILES string of the molecule is Cc1ccc([C@@H]2C(=C(O)c3ccccc3)C(=O)C(=O)N2CCCC(=O)O)cc1. The third kappa shape index (κ3) is 3.81. The number of carbonyl (C=O) groups is 3. The van der Waals surface area contributed by atoms with Crippen molar-refractivity contribution < 1.29 is 24.6 Å². The molecule has 6 nitrogen and oxygen atoms in total. The summed E-state index contributed by atoms with van der Waals surface area (Å²) in [4.78, 5) is 37.6. The number of hydrogen-bond acceptors (Lipinski definition) is 4. The van der Waals surface area contributed by atoms with Gasteiger partial charge >= 0.3 is 5.97 Å². The minimum absolute atomic E-state index is 0.0235. The van der Waals surface area contributed by atoms with Gasteiger partial charge in [0.1, 0.15) is 5.76 Å². The van der Waals surface area contributed by atoms with E-state index in [0.717, 1.165) is 5.56 Å². The van der Waals surface area contributed by atoms with Gasteiger partial charge in [-0.1, -0.05) is 60.2 Å². The molecule has 1 saturated heterocycles. The summed E-state index contributed by atoms with van der Waals surface area (Å²) >= 11 is 0. The summed E-state index contributed by atoms with van der Waals surface area (Å²) in [5, 5.41) is 19.7. The number of aryl methyl sites for hydroxylation is 1. The number of hydrogen-bond donors (Lipinski definition) is 2. The number of carboxylic acids is 1. The summed E-state index contributed by atoms with van der Waals surface area (Å²) in [6, 6.07) is 15.2. The minimum atomic E-state index is -0.965. The summed E-state index contributed by atoms with van der Waals surface area (Å²) in [6.45, 7) is 2.04. The van der Waals surface area contributed by atoms with Gasteiger partial charge in [0.15, 0.2) is 0 Å². The van der Waals surface area contributed by atoms with Crippen LogP contribution >= 0.6 is 0 Å². The molecule has 1 aliphatic rings. The minimum Gasteiger partial charge on any atom is -0.507 e. The lowest BCUT2D eigenvalue weighted by molar-refractivity contribution is -0.140. The first-order valence-corrected chi connectivity index (χ1v) is 9.02. The first-order chi connectivity index (χ1) is 13.4. The van der Waals surface area contributed by atoms with Gasteiger partial charge in [-0.25, -0.2) is 0 Å². The van der Waals surface area contributed by atoms with E-state index in [1.54, 1.807) is 30.3 Å². The van der Waals surface area contributed by atoms with E-state index in [0.29, 0.717) is 11.1 Å². The van der Waals surface area contributed by atoms with Crippen LogP contribution in [0.3, 0.4) is 0 Å². The van der Waals surface area contributed by atoms with Gasteiger partial charge in [0.25, 0.3) is 11.7 Å². The van der Waals surface area contributed by atoms with E-state index in [2.05, 4.69) is 0 Å². The fraction of sp³-hybridized carbons (Fsp3) is 0.227. The van der Waals surface area contributed by atoms with Gasteiger partial charge < -0.3 is 15.1 Å². The van der Waals surface area contributed by atoms with E-state index in [9.17, 15) is 19.5 Å². The number of aliphatic carboxylic acids is 1. The predicted molar refractivity (Wildman–Crippen MR) is 104 cm³/mol. The maximum Gasteiger partial charge on any atom is 0.303 e. The second-order valence-corrected chi connectivity index (χ2v) is 6.77. The van der Waals surface area contributed by atoms with Crippen LogP contribution in [0.2, 0.25) is 0 Å². The number of carboxylic acid groups (broad SMARTS) is 1.